The molecule has 0 aliphatic heterocycles. The summed E-state index contributed by atoms with van der Waals surface area (Å²) in [5.74, 6) is -0.0859. The van der Waals surface area contributed by atoms with E-state index < -0.39 is 11.9 Å². The number of benzene rings is 1. The number of alkyl halides is 2. The van der Waals surface area contributed by atoms with Crippen molar-refractivity contribution in [3.05, 3.63) is 41.7 Å². The van der Waals surface area contributed by atoms with Crippen molar-refractivity contribution in [1.82, 2.24) is 0 Å². The van der Waals surface area contributed by atoms with E-state index in [1.807, 2.05) is 6.92 Å². The Morgan fingerprint density at radius 3 is 2.42 bits per heavy atom. The number of halogens is 3. The second-order valence-corrected chi connectivity index (χ2v) is 7.06. The molecule has 2 nitrogen and oxygen atoms in total. The summed E-state index contributed by atoms with van der Waals surface area (Å²) in [6.45, 7) is 2.02. The summed E-state index contributed by atoms with van der Waals surface area (Å²) < 4.78 is 46.3. The molecule has 1 aromatic carbocycles. The molecule has 1 saturated carbocycles. The highest BCUT2D eigenvalue weighted by molar-refractivity contribution is 5.36. The van der Waals surface area contributed by atoms with E-state index >= 15 is 0 Å². The summed E-state index contributed by atoms with van der Waals surface area (Å²) >= 11 is 0. The molecule has 1 aromatic rings. The first-order valence-electron chi connectivity index (χ1n) is 9.31. The van der Waals surface area contributed by atoms with Crippen LogP contribution in [0.3, 0.4) is 0 Å². The van der Waals surface area contributed by atoms with Gasteiger partial charge in [-0.2, -0.15) is 14.0 Å². The van der Waals surface area contributed by atoms with E-state index in [0.717, 1.165) is 44.2 Å². The van der Waals surface area contributed by atoms with Crippen LogP contribution in [0.2, 0.25) is 0 Å². The van der Waals surface area contributed by atoms with Crippen molar-refractivity contribution >= 4 is 0 Å². The molecule has 1 aliphatic carbocycles. The van der Waals surface area contributed by atoms with E-state index in [4.69, 9.17) is 5.26 Å². The normalized spacial score (nSPS) is 20.9. The summed E-state index contributed by atoms with van der Waals surface area (Å²) in [5.41, 5.74) is -0.188. The van der Waals surface area contributed by atoms with Crippen molar-refractivity contribution in [2.75, 3.05) is 0 Å². The zero-order valence-corrected chi connectivity index (χ0v) is 15.2. The lowest BCUT2D eigenvalue weighted by Crippen LogP contribution is -2.26. The highest BCUT2D eigenvalue weighted by atomic mass is 19.3. The van der Waals surface area contributed by atoms with Crippen molar-refractivity contribution in [3.63, 3.8) is 0 Å². The molecule has 0 aromatic heterocycles. The number of ether oxygens (including phenoxy) is 1. The molecule has 2 rings (SSSR count). The topological polar surface area (TPSA) is 33.0 Å². The first-order valence-corrected chi connectivity index (χ1v) is 9.31. The average molecular weight is 365 g/mol. The number of nitriles is 1. The monoisotopic (exact) mass is 365 g/mol. The van der Waals surface area contributed by atoms with Crippen molar-refractivity contribution in [1.29, 1.82) is 5.26 Å². The van der Waals surface area contributed by atoms with Gasteiger partial charge in [-0.15, -0.1) is 0 Å². The highest BCUT2D eigenvalue weighted by Crippen LogP contribution is 2.36. The standard InChI is InChI=1S/C21H26F3NO/c1-2-3-4-5-16-6-8-17(9-7-16)12-13-21(23,24)26-19-11-10-18(15-25)20(22)14-19/h2-3,10-11,14,16-17H,4-9,12-13H2,1H3. The third kappa shape index (κ3) is 6.40. The van der Waals surface area contributed by atoms with Crippen LogP contribution in [0, 0.1) is 29.0 Å². The first-order chi connectivity index (χ1) is 12.4. The number of rotatable bonds is 8. The van der Waals surface area contributed by atoms with Crippen molar-refractivity contribution in [2.45, 2.75) is 64.4 Å². The van der Waals surface area contributed by atoms with Crippen LogP contribution >= 0.6 is 0 Å². The van der Waals surface area contributed by atoms with Crippen LogP contribution in [0.4, 0.5) is 13.2 Å². The van der Waals surface area contributed by atoms with E-state index in [1.165, 1.54) is 12.5 Å². The molecule has 0 bridgehead atoms. The van der Waals surface area contributed by atoms with Crippen molar-refractivity contribution in [2.24, 2.45) is 11.8 Å². The van der Waals surface area contributed by atoms with Gasteiger partial charge in [-0.05, 0) is 50.2 Å². The third-order valence-corrected chi connectivity index (χ3v) is 5.12. The van der Waals surface area contributed by atoms with Gasteiger partial charge in [0.05, 0.1) is 12.0 Å². The minimum absolute atomic E-state index is 0.188. The first kappa shape index (κ1) is 20.4. The Morgan fingerprint density at radius 2 is 1.85 bits per heavy atom. The molecule has 5 heteroatoms. The summed E-state index contributed by atoms with van der Waals surface area (Å²) in [6, 6.07) is 4.84. The van der Waals surface area contributed by atoms with Crippen LogP contribution in [0.25, 0.3) is 0 Å². The van der Waals surface area contributed by atoms with E-state index in [9.17, 15) is 13.2 Å². The van der Waals surface area contributed by atoms with Gasteiger partial charge < -0.3 is 4.74 Å². The Balaban J connectivity index is 1.76. The third-order valence-electron chi connectivity index (χ3n) is 5.12. The van der Waals surface area contributed by atoms with Gasteiger partial charge in [-0.3, -0.25) is 0 Å². The molecular weight excluding hydrogens is 339 g/mol. The zero-order valence-electron chi connectivity index (χ0n) is 15.2. The lowest BCUT2D eigenvalue weighted by atomic mass is 9.78. The van der Waals surface area contributed by atoms with Crippen LogP contribution < -0.4 is 4.74 Å². The second kappa shape index (κ2) is 9.66. The fourth-order valence-corrected chi connectivity index (χ4v) is 3.55. The van der Waals surface area contributed by atoms with Gasteiger partial charge in [-0.1, -0.05) is 37.8 Å². The van der Waals surface area contributed by atoms with Gasteiger partial charge in [0.25, 0.3) is 0 Å². The predicted octanol–water partition coefficient (Wildman–Crippen LogP) is 6.61. The van der Waals surface area contributed by atoms with E-state index in [0.29, 0.717) is 18.3 Å². The van der Waals surface area contributed by atoms with E-state index in [1.54, 1.807) is 6.07 Å². The van der Waals surface area contributed by atoms with Crippen LogP contribution in [-0.4, -0.2) is 6.11 Å². The van der Waals surface area contributed by atoms with E-state index in [-0.39, 0.29) is 17.7 Å². The Kier molecular flexibility index (Phi) is 7.56. The van der Waals surface area contributed by atoms with Crippen LogP contribution in [-0.2, 0) is 0 Å². The van der Waals surface area contributed by atoms with E-state index in [2.05, 4.69) is 16.9 Å². The van der Waals surface area contributed by atoms with Crippen LogP contribution in [0.15, 0.2) is 30.4 Å². The Labute approximate surface area is 153 Å². The minimum Gasteiger partial charge on any atom is -0.432 e. The summed E-state index contributed by atoms with van der Waals surface area (Å²) in [7, 11) is 0. The quantitative estimate of drug-likeness (QED) is 0.486. The summed E-state index contributed by atoms with van der Waals surface area (Å²) in [6.07, 6.45) is 7.41. The smallest absolute Gasteiger partial charge is 0.397 e. The maximum atomic E-state index is 14.0. The lowest BCUT2D eigenvalue weighted by molar-refractivity contribution is -0.183. The maximum Gasteiger partial charge on any atom is 0.397 e. The fourth-order valence-electron chi connectivity index (χ4n) is 3.55. The molecule has 0 saturated heterocycles. The highest BCUT2D eigenvalue weighted by Gasteiger charge is 2.33. The van der Waals surface area contributed by atoms with Gasteiger partial charge in [0, 0.05) is 6.07 Å². The second-order valence-electron chi connectivity index (χ2n) is 7.06. The van der Waals surface area contributed by atoms with Crippen LogP contribution in [0.1, 0.15) is 63.9 Å². The molecular formula is C21H26F3NO. The maximum absolute atomic E-state index is 14.0. The van der Waals surface area contributed by atoms with Gasteiger partial charge in [-0.25, -0.2) is 4.39 Å². The van der Waals surface area contributed by atoms with Crippen molar-refractivity contribution < 1.29 is 17.9 Å². The van der Waals surface area contributed by atoms with Gasteiger partial charge in [0.2, 0.25) is 0 Å². The Bertz CT molecular complexity index is 643. The number of hydrogen-bond acceptors (Lipinski definition) is 2. The van der Waals surface area contributed by atoms with Gasteiger partial charge in [0.15, 0.2) is 0 Å². The van der Waals surface area contributed by atoms with Gasteiger partial charge in [0.1, 0.15) is 17.6 Å². The van der Waals surface area contributed by atoms with Gasteiger partial charge >= 0.3 is 6.11 Å². The summed E-state index contributed by atoms with van der Waals surface area (Å²) in [4.78, 5) is 0. The molecule has 0 N–H and O–H groups in total. The zero-order chi connectivity index (χ0) is 19.0. The Morgan fingerprint density at radius 1 is 1.19 bits per heavy atom. The molecule has 1 aliphatic rings. The average Bonchev–Trinajstić information content (AvgIpc) is 2.61. The van der Waals surface area contributed by atoms with Crippen molar-refractivity contribution in [3.8, 4) is 11.8 Å². The number of nitrogens with zero attached hydrogens (tertiary/aromatic N) is 1. The molecule has 142 valence electrons. The minimum atomic E-state index is -3.33. The molecule has 0 atom stereocenters. The SMILES string of the molecule is CC=CCCC1CCC(CCC(F)(F)Oc2ccc(C#N)c(F)c2)CC1. The molecule has 0 unspecified atom stereocenters. The predicted molar refractivity (Wildman–Crippen MR) is 95.4 cm³/mol. The molecule has 1 fully saturated rings. The summed E-state index contributed by atoms with van der Waals surface area (Å²) in [5, 5.41) is 8.67. The molecule has 0 amide bonds. The largest absolute Gasteiger partial charge is 0.432 e. The molecule has 26 heavy (non-hydrogen) atoms. The lowest BCUT2D eigenvalue weighted by Gasteiger charge is -2.29. The number of allylic oxidation sites excluding steroid dienone is 2. The molecule has 0 radical (unpaired) electrons. The van der Waals surface area contributed by atoms with Crippen LogP contribution in [0.5, 0.6) is 5.75 Å². The molecule has 0 spiro atoms. The number of hydrogen-bond donors (Lipinski definition) is 0. The fraction of sp³-hybridized carbons (Fsp3) is 0.571. The molecule has 0 heterocycles. The Hall–Kier alpha value is -1.96.